The lowest BCUT2D eigenvalue weighted by Gasteiger charge is -2.26. The molecule has 0 radical (unpaired) electrons. The molecule has 0 bridgehead atoms. The maximum absolute atomic E-state index is 11.0. The fourth-order valence-electron chi connectivity index (χ4n) is 1.99. The number of carboxylic acids is 1. The van der Waals surface area contributed by atoms with Gasteiger partial charge in [0.1, 0.15) is 6.33 Å². The van der Waals surface area contributed by atoms with Gasteiger partial charge in [0.05, 0.1) is 11.6 Å². The van der Waals surface area contributed by atoms with Crippen LogP contribution in [0.5, 0.6) is 0 Å². The highest BCUT2D eigenvalue weighted by atomic mass is 16.4. The molecule has 0 saturated carbocycles. The summed E-state index contributed by atoms with van der Waals surface area (Å²) in [5, 5.41) is 9.03. The molecule has 16 heavy (non-hydrogen) atoms. The van der Waals surface area contributed by atoms with Gasteiger partial charge in [-0.05, 0) is 14.0 Å². The van der Waals surface area contributed by atoms with Gasteiger partial charge in [0.15, 0.2) is 0 Å². The summed E-state index contributed by atoms with van der Waals surface area (Å²) >= 11 is 0. The quantitative estimate of drug-likeness (QED) is 0.794. The minimum Gasteiger partial charge on any atom is -0.481 e. The van der Waals surface area contributed by atoms with Crippen LogP contribution in [0.15, 0.2) is 6.33 Å². The Morgan fingerprint density at radius 3 is 3.00 bits per heavy atom. The lowest BCUT2D eigenvalue weighted by atomic mass is 9.97. The van der Waals surface area contributed by atoms with Gasteiger partial charge < -0.3 is 10.0 Å². The van der Waals surface area contributed by atoms with Crippen LogP contribution in [0.25, 0.3) is 0 Å². The van der Waals surface area contributed by atoms with Crippen molar-refractivity contribution in [3.8, 4) is 0 Å². The van der Waals surface area contributed by atoms with Crippen LogP contribution in [0.2, 0.25) is 0 Å². The molecule has 0 amide bonds. The van der Waals surface area contributed by atoms with Crippen molar-refractivity contribution in [2.75, 3.05) is 13.6 Å². The number of fused-ring (bicyclic) bond motifs is 1. The van der Waals surface area contributed by atoms with Crippen LogP contribution in [0, 0.1) is 0 Å². The topological polar surface area (TPSA) is 66.3 Å². The van der Waals surface area contributed by atoms with Crippen molar-refractivity contribution in [1.82, 2.24) is 14.9 Å². The van der Waals surface area contributed by atoms with Gasteiger partial charge in [-0.25, -0.2) is 9.97 Å². The second kappa shape index (κ2) is 4.17. The number of carbonyl (C=O) groups is 1. The molecule has 1 unspecified atom stereocenters. The normalized spacial score (nSPS) is 17.9. The summed E-state index contributed by atoms with van der Waals surface area (Å²) in [7, 11) is 2.02. The first-order valence-corrected chi connectivity index (χ1v) is 5.33. The average molecular weight is 221 g/mol. The van der Waals surface area contributed by atoms with Gasteiger partial charge in [-0.3, -0.25) is 4.79 Å². The molecule has 1 N–H and O–H groups in total. The Morgan fingerprint density at radius 1 is 1.56 bits per heavy atom. The van der Waals surface area contributed by atoms with E-state index >= 15 is 0 Å². The molecule has 2 heterocycles. The number of aromatic nitrogens is 2. The summed E-state index contributed by atoms with van der Waals surface area (Å²) in [4.78, 5) is 21.5. The van der Waals surface area contributed by atoms with Gasteiger partial charge in [-0.1, -0.05) is 0 Å². The Kier molecular flexibility index (Phi) is 2.87. The van der Waals surface area contributed by atoms with Crippen molar-refractivity contribution in [2.45, 2.75) is 25.8 Å². The fourth-order valence-corrected chi connectivity index (χ4v) is 1.99. The zero-order chi connectivity index (χ0) is 11.7. The number of aliphatic carboxylic acids is 1. The number of hydrogen-bond donors (Lipinski definition) is 1. The van der Waals surface area contributed by atoms with Crippen LogP contribution >= 0.6 is 0 Å². The third-order valence-electron chi connectivity index (χ3n) is 3.01. The van der Waals surface area contributed by atoms with E-state index in [9.17, 15) is 4.79 Å². The molecule has 5 nitrogen and oxygen atoms in total. The molecule has 0 fully saturated rings. The zero-order valence-corrected chi connectivity index (χ0v) is 9.47. The van der Waals surface area contributed by atoms with Crippen molar-refractivity contribution < 1.29 is 9.90 Å². The second-order valence-electron chi connectivity index (χ2n) is 4.23. The SMILES string of the molecule is CC(C(=O)O)c1ncnc2c1CN(C)CC2. The Bertz CT molecular complexity index is 420. The Balaban J connectivity index is 2.43. The summed E-state index contributed by atoms with van der Waals surface area (Å²) in [6.45, 7) is 3.37. The Morgan fingerprint density at radius 2 is 2.31 bits per heavy atom. The Labute approximate surface area is 94.1 Å². The van der Waals surface area contributed by atoms with Gasteiger partial charge in [-0.15, -0.1) is 0 Å². The minimum atomic E-state index is -0.839. The molecular formula is C11H15N3O2. The van der Waals surface area contributed by atoms with E-state index in [1.165, 1.54) is 6.33 Å². The summed E-state index contributed by atoms with van der Waals surface area (Å²) in [6, 6.07) is 0. The molecule has 2 rings (SSSR count). The Hall–Kier alpha value is -1.49. The van der Waals surface area contributed by atoms with Crippen molar-refractivity contribution in [3.05, 3.63) is 23.3 Å². The second-order valence-corrected chi connectivity index (χ2v) is 4.23. The van der Waals surface area contributed by atoms with Crippen molar-refractivity contribution in [3.63, 3.8) is 0 Å². The molecule has 1 aliphatic heterocycles. The first kappa shape index (κ1) is 11.0. The summed E-state index contributed by atoms with van der Waals surface area (Å²) < 4.78 is 0. The molecule has 0 saturated heterocycles. The highest BCUT2D eigenvalue weighted by Gasteiger charge is 2.24. The predicted molar refractivity (Wildman–Crippen MR) is 58.1 cm³/mol. The van der Waals surface area contributed by atoms with Crippen LogP contribution in [-0.2, 0) is 17.8 Å². The monoisotopic (exact) mass is 221 g/mol. The zero-order valence-electron chi connectivity index (χ0n) is 9.47. The van der Waals surface area contributed by atoms with E-state index in [1.807, 2.05) is 7.05 Å². The first-order valence-electron chi connectivity index (χ1n) is 5.33. The summed E-state index contributed by atoms with van der Waals surface area (Å²) in [5.41, 5.74) is 2.64. The van der Waals surface area contributed by atoms with Crippen molar-refractivity contribution in [2.24, 2.45) is 0 Å². The van der Waals surface area contributed by atoms with Crippen molar-refractivity contribution >= 4 is 5.97 Å². The minimum absolute atomic E-state index is 0.566. The highest BCUT2D eigenvalue weighted by Crippen LogP contribution is 2.24. The third kappa shape index (κ3) is 1.90. The van der Waals surface area contributed by atoms with Crippen LogP contribution < -0.4 is 0 Å². The molecule has 0 aliphatic carbocycles. The average Bonchev–Trinajstić information content (AvgIpc) is 2.27. The van der Waals surface area contributed by atoms with Gasteiger partial charge in [-0.2, -0.15) is 0 Å². The van der Waals surface area contributed by atoms with Crippen LogP contribution in [-0.4, -0.2) is 39.5 Å². The lowest BCUT2D eigenvalue weighted by molar-refractivity contribution is -0.138. The maximum atomic E-state index is 11.0. The standard InChI is InChI=1S/C11H15N3O2/c1-7(11(15)16)10-8-5-14(2)4-3-9(8)12-6-13-10/h6-7H,3-5H2,1-2H3,(H,15,16). The molecule has 0 aromatic carbocycles. The number of carboxylic acid groups (broad SMARTS) is 1. The molecule has 1 aromatic rings. The van der Waals surface area contributed by atoms with E-state index < -0.39 is 11.9 Å². The number of nitrogens with zero attached hydrogens (tertiary/aromatic N) is 3. The van der Waals surface area contributed by atoms with Crippen LogP contribution in [0.1, 0.15) is 29.8 Å². The molecule has 1 atom stereocenters. The van der Waals surface area contributed by atoms with E-state index in [2.05, 4.69) is 14.9 Å². The van der Waals surface area contributed by atoms with E-state index in [0.29, 0.717) is 5.69 Å². The molecule has 1 aliphatic rings. The van der Waals surface area contributed by atoms with E-state index in [-0.39, 0.29) is 0 Å². The number of rotatable bonds is 2. The van der Waals surface area contributed by atoms with E-state index in [1.54, 1.807) is 6.92 Å². The van der Waals surface area contributed by atoms with Crippen LogP contribution in [0.3, 0.4) is 0 Å². The molecule has 86 valence electrons. The lowest BCUT2D eigenvalue weighted by Crippen LogP contribution is -2.29. The van der Waals surface area contributed by atoms with Gasteiger partial charge in [0, 0.05) is 30.8 Å². The largest absolute Gasteiger partial charge is 0.481 e. The summed E-state index contributed by atoms with van der Waals surface area (Å²) in [5.74, 6) is -1.41. The number of hydrogen-bond acceptors (Lipinski definition) is 4. The van der Waals surface area contributed by atoms with Crippen molar-refractivity contribution in [1.29, 1.82) is 0 Å². The summed E-state index contributed by atoms with van der Waals surface area (Å²) in [6.07, 6.45) is 2.34. The molecule has 5 heteroatoms. The molecule has 1 aromatic heterocycles. The third-order valence-corrected chi connectivity index (χ3v) is 3.01. The van der Waals surface area contributed by atoms with Gasteiger partial charge in [0.2, 0.25) is 0 Å². The van der Waals surface area contributed by atoms with Gasteiger partial charge in [0.25, 0.3) is 0 Å². The molecule has 0 spiro atoms. The number of likely N-dealkylation sites (N-methyl/N-ethyl adjacent to an activating group) is 1. The van der Waals surface area contributed by atoms with Gasteiger partial charge >= 0.3 is 5.97 Å². The fraction of sp³-hybridized carbons (Fsp3) is 0.545. The smallest absolute Gasteiger partial charge is 0.312 e. The van der Waals surface area contributed by atoms with Crippen LogP contribution in [0.4, 0.5) is 0 Å². The predicted octanol–water partition coefficient (Wildman–Crippen LogP) is 0.653. The maximum Gasteiger partial charge on any atom is 0.312 e. The van der Waals surface area contributed by atoms with E-state index in [4.69, 9.17) is 5.11 Å². The molecular weight excluding hydrogens is 206 g/mol. The highest BCUT2D eigenvalue weighted by molar-refractivity contribution is 5.75. The van der Waals surface area contributed by atoms with E-state index in [0.717, 1.165) is 30.8 Å². The first-order chi connectivity index (χ1) is 7.59.